The summed E-state index contributed by atoms with van der Waals surface area (Å²) in [4.78, 5) is 30.4. The molecule has 200 valence electrons. The van der Waals surface area contributed by atoms with Gasteiger partial charge in [-0.2, -0.15) is 0 Å². The van der Waals surface area contributed by atoms with Crippen LogP contribution in [0.15, 0.2) is 24.3 Å². The highest BCUT2D eigenvalue weighted by molar-refractivity contribution is 6.30. The second-order valence-electron chi connectivity index (χ2n) is 11.5. The van der Waals surface area contributed by atoms with Gasteiger partial charge in [-0.3, -0.25) is 9.69 Å². The third-order valence-electron chi connectivity index (χ3n) is 8.24. The van der Waals surface area contributed by atoms with Crippen molar-refractivity contribution in [2.45, 2.75) is 70.9 Å². The van der Waals surface area contributed by atoms with Crippen LogP contribution in [0, 0.1) is 12.8 Å². The maximum atomic E-state index is 14.2. The summed E-state index contributed by atoms with van der Waals surface area (Å²) >= 11 is 6.21. The predicted octanol–water partition coefficient (Wildman–Crippen LogP) is 4.53. The number of carbonyl (C=O) groups excluding carboxylic acids is 1. The number of aliphatic hydroxyl groups excluding tert-OH is 1. The number of likely N-dealkylation sites (tertiary alicyclic amines) is 1. The summed E-state index contributed by atoms with van der Waals surface area (Å²) in [7, 11) is 0. The lowest BCUT2D eigenvalue weighted by Crippen LogP contribution is -2.53. The monoisotopic (exact) mass is 525 g/mol. The minimum absolute atomic E-state index is 0.189. The highest BCUT2D eigenvalue weighted by Gasteiger charge is 2.40. The molecule has 3 heterocycles. The molecule has 0 radical (unpaired) electrons. The first-order chi connectivity index (χ1) is 17.7. The molecule has 3 aliphatic rings. The van der Waals surface area contributed by atoms with Crippen molar-refractivity contribution in [1.29, 1.82) is 0 Å². The van der Waals surface area contributed by atoms with Crippen molar-refractivity contribution < 1.29 is 9.90 Å². The average Bonchev–Trinajstić information content (AvgIpc) is 3.43. The standard InChI is InChI=1S/C29H40ClN5O2/c1-18(2)17-35-11-5-6-23(35)26(21-7-9-22(30)10-8-21)29(37)34-14-12-33(13-15-34)28-25-19(3)16-24(36)27(25)31-20(4)32-28/h7-10,18-19,23-24,26,36H,5-6,11-17H2,1-4H3/t19-,23+,24-,26+/m1/s1. The molecule has 2 fully saturated rings. The zero-order valence-electron chi connectivity index (χ0n) is 22.5. The number of piperazine rings is 1. The first-order valence-electron chi connectivity index (χ1n) is 13.8. The van der Waals surface area contributed by atoms with E-state index < -0.39 is 6.10 Å². The lowest BCUT2D eigenvalue weighted by Gasteiger charge is -2.40. The number of amides is 1. The van der Waals surface area contributed by atoms with E-state index in [2.05, 4.69) is 35.6 Å². The molecular weight excluding hydrogens is 486 g/mol. The van der Waals surface area contributed by atoms with E-state index in [1.54, 1.807) is 0 Å². The van der Waals surface area contributed by atoms with Crippen molar-refractivity contribution in [3.8, 4) is 0 Å². The lowest BCUT2D eigenvalue weighted by molar-refractivity contribution is -0.134. The van der Waals surface area contributed by atoms with Gasteiger partial charge in [-0.25, -0.2) is 9.97 Å². The van der Waals surface area contributed by atoms with Crippen LogP contribution in [0.3, 0.4) is 0 Å². The summed E-state index contributed by atoms with van der Waals surface area (Å²) in [5.74, 6) is 2.44. The molecule has 5 rings (SSSR count). The number of carbonyl (C=O) groups is 1. The van der Waals surface area contributed by atoms with Crippen molar-refractivity contribution in [1.82, 2.24) is 19.8 Å². The Bertz CT molecular complexity index is 1120. The highest BCUT2D eigenvalue weighted by atomic mass is 35.5. The van der Waals surface area contributed by atoms with Crippen LogP contribution >= 0.6 is 11.6 Å². The summed E-state index contributed by atoms with van der Waals surface area (Å²) in [5, 5.41) is 11.2. The quantitative estimate of drug-likeness (QED) is 0.597. The summed E-state index contributed by atoms with van der Waals surface area (Å²) < 4.78 is 0. The van der Waals surface area contributed by atoms with Gasteiger partial charge in [0.15, 0.2) is 0 Å². The molecule has 0 unspecified atom stereocenters. The van der Waals surface area contributed by atoms with Gasteiger partial charge in [0.1, 0.15) is 11.6 Å². The van der Waals surface area contributed by atoms with Gasteiger partial charge < -0.3 is 14.9 Å². The van der Waals surface area contributed by atoms with E-state index in [9.17, 15) is 9.90 Å². The van der Waals surface area contributed by atoms with E-state index in [-0.39, 0.29) is 23.8 Å². The molecule has 4 atom stereocenters. The molecular formula is C29H40ClN5O2. The molecule has 0 bridgehead atoms. The normalized spacial score (nSPS) is 25.1. The summed E-state index contributed by atoms with van der Waals surface area (Å²) in [6, 6.07) is 8.10. The summed E-state index contributed by atoms with van der Waals surface area (Å²) in [6.07, 6.45) is 2.34. The number of benzene rings is 1. The van der Waals surface area contributed by atoms with Gasteiger partial charge in [0.05, 0.1) is 17.7 Å². The summed E-state index contributed by atoms with van der Waals surface area (Å²) in [6.45, 7) is 13.4. The van der Waals surface area contributed by atoms with Crippen LogP contribution < -0.4 is 4.90 Å². The molecule has 1 aliphatic carbocycles. The number of aromatic nitrogens is 2. The number of hydrogen-bond donors (Lipinski definition) is 1. The van der Waals surface area contributed by atoms with Gasteiger partial charge in [0, 0.05) is 49.4 Å². The Morgan fingerprint density at radius 2 is 1.81 bits per heavy atom. The van der Waals surface area contributed by atoms with Crippen molar-refractivity contribution in [2.75, 3.05) is 44.2 Å². The molecule has 8 heteroatoms. The van der Waals surface area contributed by atoms with Gasteiger partial charge in [0.2, 0.25) is 5.91 Å². The number of nitrogens with zero attached hydrogens (tertiary/aromatic N) is 5. The van der Waals surface area contributed by atoms with Crippen LogP contribution in [0.5, 0.6) is 0 Å². The second-order valence-corrected chi connectivity index (χ2v) is 11.9. The van der Waals surface area contributed by atoms with Crippen LogP contribution in [-0.2, 0) is 4.79 Å². The molecule has 0 spiro atoms. The zero-order chi connectivity index (χ0) is 26.3. The number of anilines is 1. The number of rotatable bonds is 6. The maximum Gasteiger partial charge on any atom is 0.231 e. The Kier molecular flexibility index (Phi) is 7.75. The Hall–Kier alpha value is -2.22. The number of hydrogen-bond acceptors (Lipinski definition) is 6. The fraction of sp³-hybridized carbons (Fsp3) is 0.621. The largest absolute Gasteiger partial charge is 0.387 e. The number of aliphatic hydroxyl groups is 1. The minimum atomic E-state index is -0.520. The summed E-state index contributed by atoms with van der Waals surface area (Å²) in [5.41, 5.74) is 2.92. The highest BCUT2D eigenvalue weighted by Crippen LogP contribution is 2.43. The van der Waals surface area contributed by atoms with E-state index in [1.165, 1.54) is 0 Å². The average molecular weight is 526 g/mol. The molecule has 2 aromatic rings. The van der Waals surface area contributed by atoms with Crippen molar-refractivity contribution in [3.63, 3.8) is 0 Å². The second kappa shape index (κ2) is 10.9. The van der Waals surface area contributed by atoms with E-state index in [1.807, 2.05) is 36.1 Å². The fourth-order valence-corrected chi connectivity index (χ4v) is 6.71. The van der Waals surface area contributed by atoms with Crippen LogP contribution in [0.2, 0.25) is 5.02 Å². The van der Waals surface area contributed by atoms with E-state index in [0.717, 1.165) is 61.7 Å². The zero-order valence-corrected chi connectivity index (χ0v) is 23.3. The Labute approximate surface area is 225 Å². The van der Waals surface area contributed by atoms with Gasteiger partial charge in [-0.05, 0) is 62.3 Å². The lowest BCUT2D eigenvalue weighted by atomic mass is 9.88. The number of fused-ring (bicyclic) bond motifs is 1. The first-order valence-corrected chi connectivity index (χ1v) is 14.2. The Balaban J connectivity index is 1.36. The molecule has 7 nitrogen and oxygen atoms in total. The number of aryl methyl sites for hydroxylation is 1. The topological polar surface area (TPSA) is 72.8 Å². The van der Waals surface area contributed by atoms with Gasteiger partial charge in [-0.15, -0.1) is 0 Å². The van der Waals surface area contributed by atoms with E-state index >= 15 is 0 Å². The molecule has 2 saturated heterocycles. The Morgan fingerprint density at radius 1 is 1.11 bits per heavy atom. The molecule has 1 aromatic heterocycles. The molecule has 37 heavy (non-hydrogen) atoms. The fourth-order valence-electron chi connectivity index (χ4n) is 6.58. The van der Waals surface area contributed by atoms with Gasteiger partial charge >= 0.3 is 0 Å². The third kappa shape index (κ3) is 5.36. The first kappa shape index (κ1) is 26.4. The van der Waals surface area contributed by atoms with Crippen molar-refractivity contribution in [3.05, 3.63) is 51.9 Å². The minimum Gasteiger partial charge on any atom is -0.387 e. The Morgan fingerprint density at radius 3 is 2.49 bits per heavy atom. The smallest absolute Gasteiger partial charge is 0.231 e. The van der Waals surface area contributed by atoms with Crippen molar-refractivity contribution >= 4 is 23.3 Å². The molecule has 0 saturated carbocycles. The van der Waals surface area contributed by atoms with Crippen LogP contribution in [0.25, 0.3) is 0 Å². The third-order valence-corrected chi connectivity index (χ3v) is 8.49. The van der Waals surface area contributed by atoms with E-state index in [0.29, 0.717) is 36.3 Å². The maximum absolute atomic E-state index is 14.2. The molecule has 1 amide bonds. The predicted molar refractivity (Wildman–Crippen MR) is 147 cm³/mol. The SMILES string of the molecule is Cc1nc2c(c(N3CCN(C(=O)[C@@H](c4ccc(Cl)cc4)[C@@H]4CCCN4CC(C)C)CC3)n1)[C@H](C)C[C@H]2O. The molecule has 1 N–H and O–H groups in total. The number of halogens is 1. The van der Waals surface area contributed by atoms with Gasteiger partial charge in [0.25, 0.3) is 0 Å². The molecule has 2 aliphatic heterocycles. The molecule has 1 aromatic carbocycles. The van der Waals surface area contributed by atoms with Crippen LogP contribution in [0.1, 0.15) is 80.6 Å². The van der Waals surface area contributed by atoms with Gasteiger partial charge in [-0.1, -0.05) is 44.5 Å². The van der Waals surface area contributed by atoms with Crippen LogP contribution in [0.4, 0.5) is 5.82 Å². The van der Waals surface area contributed by atoms with E-state index in [4.69, 9.17) is 16.6 Å². The van der Waals surface area contributed by atoms with Crippen LogP contribution in [-0.4, -0.2) is 76.1 Å². The van der Waals surface area contributed by atoms with Crippen molar-refractivity contribution in [2.24, 2.45) is 5.92 Å².